The van der Waals surface area contributed by atoms with Gasteiger partial charge in [-0.25, -0.2) is 13.1 Å². The van der Waals surface area contributed by atoms with E-state index < -0.39 is 10.0 Å². The molecule has 1 fully saturated rings. The molecule has 2 rings (SSSR count). The van der Waals surface area contributed by atoms with E-state index in [1.165, 1.54) is 11.8 Å². The van der Waals surface area contributed by atoms with Crippen molar-refractivity contribution >= 4 is 15.9 Å². The molecule has 5 nitrogen and oxygen atoms in total. The van der Waals surface area contributed by atoms with Gasteiger partial charge in [-0.15, -0.1) is 0 Å². The highest BCUT2D eigenvalue weighted by molar-refractivity contribution is 7.88. The van der Waals surface area contributed by atoms with E-state index in [0.29, 0.717) is 37.4 Å². The summed E-state index contributed by atoms with van der Waals surface area (Å²) in [5, 5.41) is 0. The molecule has 122 valence electrons. The van der Waals surface area contributed by atoms with Crippen molar-refractivity contribution in [3.63, 3.8) is 0 Å². The van der Waals surface area contributed by atoms with Crippen molar-refractivity contribution in [2.24, 2.45) is 0 Å². The molecule has 1 N–H and O–H groups in total. The molecule has 0 aliphatic carbocycles. The number of nitrogens with one attached hydrogen (secondary N) is 1. The van der Waals surface area contributed by atoms with Crippen molar-refractivity contribution in [3.05, 3.63) is 35.4 Å². The van der Waals surface area contributed by atoms with Crippen LogP contribution in [0.4, 0.5) is 0 Å². The number of benzene rings is 1. The lowest BCUT2D eigenvalue weighted by Gasteiger charge is -2.32. The molecule has 1 aromatic rings. The smallest absolute Gasteiger partial charge is 0.253 e. The Morgan fingerprint density at radius 2 is 1.73 bits per heavy atom. The van der Waals surface area contributed by atoms with Gasteiger partial charge in [0, 0.05) is 24.7 Å². The summed E-state index contributed by atoms with van der Waals surface area (Å²) in [6, 6.07) is 7.67. The zero-order valence-corrected chi connectivity index (χ0v) is 14.2. The zero-order chi connectivity index (χ0) is 16.3. The van der Waals surface area contributed by atoms with Crippen LogP contribution in [0.15, 0.2) is 24.3 Å². The molecule has 0 spiro atoms. The number of rotatable bonds is 4. The van der Waals surface area contributed by atoms with Crippen molar-refractivity contribution in [1.82, 2.24) is 9.62 Å². The molecule has 0 radical (unpaired) electrons. The molecule has 1 aromatic carbocycles. The molecule has 0 unspecified atom stereocenters. The molecule has 1 aliphatic rings. The van der Waals surface area contributed by atoms with Crippen LogP contribution in [0.5, 0.6) is 0 Å². The first-order chi connectivity index (χ1) is 10.3. The Bertz CT molecular complexity index is 615. The summed E-state index contributed by atoms with van der Waals surface area (Å²) in [7, 11) is -3.18. The van der Waals surface area contributed by atoms with Crippen LogP contribution in [0.1, 0.15) is 48.5 Å². The van der Waals surface area contributed by atoms with Gasteiger partial charge in [-0.2, -0.15) is 0 Å². The van der Waals surface area contributed by atoms with Gasteiger partial charge in [-0.05, 0) is 36.5 Å². The molecule has 0 atom stereocenters. The number of hydrogen-bond donors (Lipinski definition) is 1. The van der Waals surface area contributed by atoms with Crippen molar-refractivity contribution in [2.45, 2.75) is 38.6 Å². The molecule has 1 heterocycles. The first-order valence-corrected chi connectivity index (χ1v) is 9.52. The van der Waals surface area contributed by atoms with Gasteiger partial charge in [0.05, 0.1) is 6.26 Å². The molecule has 22 heavy (non-hydrogen) atoms. The van der Waals surface area contributed by atoms with Gasteiger partial charge >= 0.3 is 0 Å². The van der Waals surface area contributed by atoms with Gasteiger partial charge in [0.15, 0.2) is 0 Å². The van der Waals surface area contributed by atoms with Gasteiger partial charge in [-0.1, -0.05) is 26.0 Å². The van der Waals surface area contributed by atoms with E-state index in [1.54, 1.807) is 4.90 Å². The minimum Gasteiger partial charge on any atom is -0.339 e. The SMILES string of the molecule is CC(C)c1ccc(C(=O)N2CCC(NS(C)(=O)=O)CC2)cc1. The predicted molar refractivity (Wildman–Crippen MR) is 87.4 cm³/mol. The maximum atomic E-state index is 12.5. The summed E-state index contributed by atoms with van der Waals surface area (Å²) in [6.07, 6.45) is 2.48. The first kappa shape index (κ1) is 17.0. The Kier molecular flexibility index (Phi) is 5.24. The molecular weight excluding hydrogens is 300 g/mol. The molecule has 1 saturated heterocycles. The van der Waals surface area contributed by atoms with Gasteiger partial charge in [0.25, 0.3) is 5.91 Å². The minimum absolute atomic E-state index is 0.0214. The number of nitrogens with zero attached hydrogens (tertiary/aromatic N) is 1. The van der Waals surface area contributed by atoms with E-state index in [1.807, 2.05) is 24.3 Å². The summed E-state index contributed by atoms with van der Waals surface area (Å²) in [6.45, 7) is 5.41. The fourth-order valence-corrected chi connectivity index (χ4v) is 3.54. The third kappa shape index (κ3) is 4.55. The molecule has 1 aliphatic heterocycles. The number of sulfonamides is 1. The summed E-state index contributed by atoms with van der Waals surface area (Å²) < 4.78 is 25.1. The molecular formula is C16H24N2O3S. The second kappa shape index (κ2) is 6.79. The van der Waals surface area contributed by atoms with Gasteiger partial charge in [-0.3, -0.25) is 4.79 Å². The van der Waals surface area contributed by atoms with Gasteiger partial charge in [0.2, 0.25) is 10.0 Å². The van der Waals surface area contributed by atoms with Crippen molar-refractivity contribution < 1.29 is 13.2 Å². The Balaban J connectivity index is 1.95. The van der Waals surface area contributed by atoms with Gasteiger partial charge < -0.3 is 4.90 Å². The average Bonchev–Trinajstić information content (AvgIpc) is 2.46. The lowest BCUT2D eigenvalue weighted by Crippen LogP contribution is -2.46. The zero-order valence-electron chi connectivity index (χ0n) is 13.4. The Hall–Kier alpha value is -1.40. The minimum atomic E-state index is -3.18. The normalized spacial score (nSPS) is 17.0. The first-order valence-electron chi connectivity index (χ1n) is 7.63. The summed E-state index contributed by atoms with van der Waals surface area (Å²) >= 11 is 0. The third-order valence-electron chi connectivity index (χ3n) is 3.99. The van der Waals surface area contributed by atoms with Crippen LogP contribution in [-0.4, -0.2) is 44.6 Å². The molecule has 0 bridgehead atoms. The van der Waals surface area contributed by atoms with E-state index >= 15 is 0 Å². The standard InChI is InChI=1S/C16H24N2O3S/c1-12(2)13-4-6-14(7-5-13)16(19)18-10-8-15(9-11-18)17-22(3,20)21/h4-7,12,15,17H,8-11H2,1-3H3. The lowest BCUT2D eigenvalue weighted by atomic mass is 10.0. The van der Waals surface area contributed by atoms with E-state index in [9.17, 15) is 13.2 Å². The second-order valence-corrected chi connectivity index (χ2v) is 8.01. The third-order valence-corrected chi connectivity index (χ3v) is 4.75. The number of amides is 1. The fourth-order valence-electron chi connectivity index (χ4n) is 2.70. The van der Waals surface area contributed by atoms with E-state index in [-0.39, 0.29) is 11.9 Å². The Labute approximate surface area is 132 Å². The second-order valence-electron chi connectivity index (χ2n) is 6.23. The van der Waals surface area contributed by atoms with Crippen LogP contribution in [0.2, 0.25) is 0 Å². The van der Waals surface area contributed by atoms with E-state index in [0.717, 1.165) is 0 Å². The highest BCUT2D eigenvalue weighted by Crippen LogP contribution is 2.18. The highest BCUT2D eigenvalue weighted by atomic mass is 32.2. The fraction of sp³-hybridized carbons (Fsp3) is 0.562. The van der Waals surface area contributed by atoms with Crippen LogP contribution >= 0.6 is 0 Å². The van der Waals surface area contributed by atoms with Gasteiger partial charge in [0.1, 0.15) is 0 Å². The summed E-state index contributed by atoms with van der Waals surface area (Å²) in [4.78, 5) is 14.3. The van der Waals surface area contributed by atoms with Crippen LogP contribution in [0.3, 0.4) is 0 Å². The number of hydrogen-bond acceptors (Lipinski definition) is 3. The van der Waals surface area contributed by atoms with E-state index in [2.05, 4.69) is 18.6 Å². The molecule has 1 amide bonds. The number of carbonyl (C=O) groups excluding carboxylic acids is 1. The monoisotopic (exact) mass is 324 g/mol. The highest BCUT2D eigenvalue weighted by Gasteiger charge is 2.25. The molecule has 0 saturated carbocycles. The van der Waals surface area contributed by atoms with Crippen LogP contribution in [-0.2, 0) is 10.0 Å². The number of likely N-dealkylation sites (tertiary alicyclic amines) is 1. The van der Waals surface area contributed by atoms with Crippen molar-refractivity contribution in [2.75, 3.05) is 19.3 Å². The summed E-state index contributed by atoms with van der Waals surface area (Å²) in [5.74, 6) is 0.468. The maximum absolute atomic E-state index is 12.5. The number of carbonyl (C=O) groups is 1. The average molecular weight is 324 g/mol. The largest absolute Gasteiger partial charge is 0.339 e. The maximum Gasteiger partial charge on any atom is 0.253 e. The van der Waals surface area contributed by atoms with Crippen LogP contribution in [0.25, 0.3) is 0 Å². The number of piperidine rings is 1. The molecule has 0 aromatic heterocycles. The predicted octanol–water partition coefficient (Wildman–Crippen LogP) is 1.96. The Morgan fingerprint density at radius 1 is 1.18 bits per heavy atom. The lowest BCUT2D eigenvalue weighted by molar-refractivity contribution is 0.0711. The van der Waals surface area contributed by atoms with Crippen molar-refractivity contribution in [1.29, 1.82) is 0 Å². The topological polar surface area (TPSA) is 66.5 Å². The molecule has 6 heteroatoms. The Morgan fingerprint density at radius 3 is 2.18 bits per heavy atom. The van der Waals surface area contributed by atoms with Crippen molar-refractivity contribution in [3.8, 4) is 0 Å². The quantitative estimate of drug-likeness (QED) is 0.921. The summed E-state index contributed by atoms with van der Waals surface area (Å²) in [5.41, 5.74) is 1.91. The van der Waals surface area contributed by atoms with Crippen LogP contribution < -0.4 is 4.72 Å². The van der Waals surface area contributed by atoms with Crippen LogP contribution in [0, 0.1) is 0 Å². The van der Waals surface area contributed by atoms with E-state index in [4.69, 9.17) is 0 Å².